The van der Waals surface area contributed by atoms with Crippen LogP contribution in [0.2, 0.25) is 0 Å². The SMILES string of the molecule is Cn1c(=O)[nH]c2c(Oc3ccc(NC(=O)OC(C)(C)C)c4ccccc34)ccnc21. The number of benzene rings is 2. The molecule has 30 heavy (non-hydrogen) atoms. The number of carbonyl (C=O) groups excluding carboxylic acids is 1. The first kappa shape index (κ1) is 19.5. The lowest BCUT2D eigenvalue weighted by molar-refractivity contribution is 0.0636. The number of nitrogens with one attached hydrogen (secondary N) is 2. The number of amides is 1. The van der Waals surface area contributed by atoms with Crippen LogP contribution in [0, 0.1) is 0 Å². The number of H-pyrrole nitrogens is 1. The van der Waals surface area contributed by atoms with Gasteiger partial charge in [-0.15, -0.1) is 0 Å². The number of fused-ring (bicyclic) bond motifs is 2. The van der Waals surface area contributed by atoms with Gasteiger partial charge < -0.3 is 14.5 Å². The summed E-state index contributed by atoms with van der Waals surface area (Å²) in [6.07, 6.45) is 1.06. The highest BCUT2D eigenvalue weighted by atomic mass is 16.6. The standard InChI is InChI=1S/C22H22N4O4/c1-22(2,3)30-21(28)24-15-9-10-16(14-8-6-5-7-13(14)15)29-17-11-12-23-19-18(17)25-20(27)26(19)4/h5-12H,1-4H3,(H,24,28)(H,25,27). The van der Waals surface area contributed by atoms with Gasteiger partial charge in [0.05, 0.1) is 5.69 Å². The lowest BCUT2D eigenvalue weighted by atomic mass is 10.1. The van der Waals surface area contributed by atoms with E-state index in [-0.39, 0.29) is 5.69 Å². The molecule has 0 radical (unpaired) electrons. The monoisotopic (exact) mass is 406 g/mol. The molecule has 0 atom stereocenters. The second kappa shape index (κ2) is 7.22. The molecular weight excluding hydrogens is 384 g/mol. The maximum absolute atomic E-state index is 12.2. The number of aryl methyl sites for hydroxylation is 1. The molecule has 2 heterocycles. The Morgan fingerprint density at radius 1 is 1.07 bits per heavy atom. The Bertz CT molecular complexity index is 1310. The van der Waals surface area contributed by atoms with Crippen molar-refractivity contribution in [3.05, 3.63) is 59.1 Å². The topological polar surface area (TPSA) is 98.2 Å². The van der Waals surface area contributed by atoms with Crippen LogP contribution in [-0.2, 0) is 11.8 Å². The van der Waals surface area contributed by atoms with Gasteiger partial charge in [-0.1, -0.05) is 24.3 Å². The maximum atomic E-state index is 12.2. The van der Waals surface area contributed by atoms with Crippen LogP contribution in [0.1, 0.15) is 20.8 Å². The molecule has 2 N–H and O–H groups in total. The van der Waals surface area contributed by atoms with Crippen LogP contribution in [0.5, 0.6) is 11.5 Å². The van der Waals surface area contributed by atoms with Crippen LogP contribution >= 0.6 is 0 Å². The zero-order chi connectivity index (χ0) is 21.5. The summed E-state index contributed by atoms with van der Waals surface area (Å²) in [5.41, 5.74) is 0.771. The molecule has 8 heteroatoms. The van der Waals surface area contributed by atoms with E-state index in [9.17, 15) is 9.59 Å². The Morgan fingerprint density at radius 3 is 2.53 bits per heavy atom. The first-order chi connectivity index (χ1) is 14.2. The van der Waals surface area contributed by atoms with Gasteiger partial charge in [-0.25, -0.2) is 14.6 Å². The fourth-order valence-corrected chi connectivity index (χ4v) is 3.18. The van der Waals surface area contributed by atoms with Crippen LogP contribution in [0.25, 0.3) is 21.9 Å². The van der Waals surface area contributed by atoms with E-state index in [1.54, 1.807) is 31.4 Å². The van der Waals surface area contributed by atoms with Crippen molar-refractivity contribution in [3.8, 4) is 11.5 Å². The second-order valence-corrected chi connectivity index (χ2v) is 7.88. The second-order valence-electron chi connectivity index (χ2n) is 7.88. The number of aromatic amines is 1. The summed E-state index contributed by atoms with van der Waals surface area (Å²) in [7, 11) is 1.64. The number of aromatic nitrogens is 3. The normalized spacial score (nSPS) is 11.6. The van der Waals surface area contributed by atoms with Crippen LogP contribution in [0.15, 0.2) is 53.5 Å². The van der Waals surface area contributed by atoms with Crippen LogP contribution in [0.3, 0.4) is 0 Å². The fourth-order valence-electron chi connectivity index (χ4n) is 3.18. The average molecular weight is 406 g/mol. The molecule has 0 spiro atoms. The number of hydrogen-bond acceptors (Lipinski definition) is 5. The molecular formula is C22H22N4O4. The van der Waals surface area contributed by atoms with Crippen LogP contribution in [-0.4, -0.2) is 26.2 Å². The predicted molar refractivity (Wildman–Crippen MR) is 115 cm³/mol. The number of carbonyl (C=O) groups is 1. The highest BCUT2D eigenvalue weighted by Crippen LogP contribution is 2.36. The van der Waals surface area contributed by atoms with E-state index in [0.29, 0.717) is 28.4 Å². The van der Waals surface area contributed by atoms with Crippen molar-refractivity contribution in [1.82, 2.24) is 14.5 Å². The summed E-state index contributed by atoms with van der Waals surface area (Å²) in [5.74, 6) is 1.06. The zero-order valence-electron chi connectivity index (χ0n) is 17.1. The summed E-state index contributed by atoms with van der Waals surface area (Å²) in [5, 5.41) is 4.39. The van der Waals surface area contributed by atoms with Gasteiger partial charge >= 0.3 is 11.8 Å². The first-order valence-electron chi connectivity index (χ1n) is 9.46. The largest absolute Gasteiger partial charge is 0.454 e. The summed E-state index contributed by atoms with van der Waals surface area (Å²) < 4.78 is 12.9. The van der Waals surface area contributed by atoms with E-state index in [1.807, 2.05) is 45.0 Å². The average Bonchev–Trinajstić information content (AvgIpc) is 2.97. The van der Waals surface area contributed by atoms with E-state index in [1.165, 1.54) is 4.57 Å². The van der Waals surface area contributed by atoms with Gasteiger partial charge in [0.1, 0.15) is 16.9 Å². The Kier molecular flexibility index (Phi) is 4.69. The molecule has 0 fully saturated rings. The third-order valence-corrected chi connectivity index (χ3v) is 4.49. The van der Waals surface area contributed by atoms with E-state index in [2.05, 4.69) is 15.3 Å². The molecule has 2 aromatic heterocycles. The van der Waals surface area contributed by atoms with Gasteiger partial charge in [0.15, 0.2) is 11.4 Å². The van der Waals surface area contributed by atoms with E-state index < -0.39 is 11.7 Å². The van der Waals surface area contributed by atoms with Gasteiger partial charge in [0, 0.05) is 30.1 Å². The van der Waals surface area contributed by atoms with E-state index >= 15 is 0 Å². The van der Waals surface area contributed by atoms with Gasteiger partial charge in [-0.2, -0.15) is 0 Å². The highest BCUT2D eigenvalue weighted by Gasteiger charge is 2.18. The van der Waals surface area contributed by atoms with Crippen molar-refractivity contribution in [1.29, 1.82) is 0 Å². The highest BCUT2D eigenvalue weighted by molar-refractivity contribution is 6.03. The van der Waals surface area contributed by atoms with Gasteiger partial charge in [-0.05, 0) is 32.9 Å². The van der Waals surface area contributed by atoms with Crippen molar-refractivity contribution in [2.24, 2.45) is 7.05 Å². The Hall–Kier alpha value is -3.81. The van der Waals surface area contributed by atoms with E-state index in [4.69, 9.17) is 9.47 Å². The number of ether oxygens (including phenoxy) is 2. The molecule has 0 aliphatic heterocycles. The Balaban J connectivity index is 1.73. The lowest BCUT2D eigenvalue weighted by Gasteiger charge is -2.20. The molecule has 4 rings (SSSR count). The molecule has 4 aromatic rings. The number of hydrogen-bond donors (Lipinski definition) is 2. The predicted octanol–water partition coefficient (Wildman–Crippen LogP) is 4.55. The summed E-state index contributed by atoms with van der Waals surface area (Å²) in [4.78, 5) is 31.2. The van der Waals surface area contributed by atoms with Crippen LogP contribution in [0.4, 0.5) is 10.5 Å². The number of imidazole rings is 1. The van der Waals surface area contributed by atoms with Crippen molar-refractivity contribution < 1.29 is 14.3 Å². The minimum atomic E-state index is -0.595. The molecule has 0 unspecified atom stereocenters. The fraction of sp³-hybridized carbons (Fsp3) is 0.227. The summed E-state index contributed by atoms with van der Waals surface area (Å²) >= 11 is 0. The van der Waals surface area contributed by atoms with Gasteiger partial charge in [-0.3, -0.25) is 9.88 Å². The van der Waals surface area contributed by atoms with Crippen LogP contribution < -0.4 is 15.7 Å². The minimum Gasteiger partial charge on any atom is -0.454 e. The molecule has 1 amide bonds. The number of nitrogens with zero attached hydrogens (tertiary/aromatic N) is 2. The van der Waals surface area contributed by atoms with Crippen molar-refractivity contribution >= 4 is 33.7 Å². The molecule has 0 saturated carbocycles. The number of anilines is 1. The smallest absolute Gasteiger partial charge is 0.412 e. The third-order valence-electron chi connectivity index (χ3n) is 4.49. The molecule has 2 aromatic carbocycles. The summed E-state index contributed by atoms with van der Waals surface area (Å²) in [6, 6.07) is 12.8. The molecule has 154 valence electrons. The maximum Gasteiger partial charge on any atom is 0.412 e. The third kappa shape index (κ3) is 3.71. The summed E-state index contributed by atoms with van der Waals surface area (Å²) in [6.45, 7) is 5.43. The van der Waals surface area contributed by atoms with Crippen molar-refractivity contribution in [3.63, 3.8) is 0 Å². The molecule has 0 aliphatic carbocycles. The Morgan fingerprint density at radius 2 is 1.80 bits per heavy atom. The minimum absolute atomic E-state index is 0.268. The molecule has 0 saturated heterocycles. The quantitative estimate of drug-likeness (QED) is 0.520. The van der Waals surface area contributed by atoms with E-state index in [0.717, 1.165) is 10.8 Å². The molecule has 0 bridgehead atoms. The lowest BCUT2D eigenvalue weighted by Crippen LogP contribution is -2.27. The zero-order valence-corrected chi connectivity index (χ0v) is 17.1. The van der Waals surface area contributed by atoms with Gasteiger partial charge in [0.25, 0.3) is 0 Å². The van der Waals surface area contributed by atoms with Crippen molar-refractivity contribution in [2.45, 2.75) is 26.4 Å². The van der Waals surface area contributed by atoms with Crippen molar-refractivity contribution in [2.75, 3.05) is 5.32 Å². The molecule has 0 aliphatic rings. The first-order valence-corrected chi connectivity index (χ1v) is 9.46. The number of rotatable bonds is 3. The Labute approximate surface area is 172 Å². The number of pyridine rings is 1. The molecule has 8 nitrogen and oxygen atoms in total. The van der Waals surface area contributed by atoms with Gasteiger partial charge in [0.2, 0.25) is 0 Å².